The molecule has 18 rings (SSSR count). The third kappa shape index (κ3) is 57.9. The number of benzene rings is 4. The molecule has 98 heavy (non-hydrogen) atoms. The molecule has 12 bridgehead atoms. The molecule has 10 aliphatic rings. The van der Waals surface area contributed by atoms with Crippen molar-refractivity contribution in [3.63, 3.8) is 0 Å². The van der Waals surface area contributed by atoms with Crippen molar-refractivity contribution in [1.82, 2.24) is 0 Å². The van der Waals surface area contributed by atoms with E-state index < -0.39 is 31.2 Å². The summed E-state index contributed by atoms with van der Waals surface area (Å²) in [5.41, 5.74) is 15.0. The van der Waals surface area contributed by atoms with Crippen LogP contribution in [0.15, 0.2) is 195 Å². The molecule has 14 heterocycles. The minimum absolute atomic E-state index is 0.821. The van der Waals surface area contributed by atoms with Gasteiger partial charge in [0.2, 0.25) is 0 Å². The van der Waals surface area contributed by atoms with Gasteiger partial charge in [-0.05, 0) is 44.5 Å². The van der Waals surface area contributed by atoms with Crippen LogP contribution >= 0.6 is 31.2 Å². The number of rotatable bonds is 0. The molecule has 0 N–H and O–H groups in total. The summed E-state index contributed by atoms with van der Waals surface area (Å²) >= 11 is 0. The van der Waals surface area contributed by atoms with Crippen molar-refractivity contribution in [2.75, 3.05) is 0 Å². The summed E-state index contributed by atoms with van der Waals surface area (Å²) in [7, 11) is -42.6. The van der Waals surface area contributed by atoms with Gasteiger partial charge >= 0.3 is 132 Å². The molecule has 0 fully saturated rings. The average Bonchev–Trinajstić information content (AvgIpc) is 0.808. The van der Waals surface area contributed by atoms with Crippen LogP contribution in [0, 0.1) is 68.0 Å². The molecule has 536 valence electrons. The number of nitriles is 6. The zero-order chi connectivity index (χ0) is 76.6. The van der Waals surface area contributed by atoms with Crippen LogP contribution in [0.3, 0.4) is 0 Å². The first-order valence-electron chi connectivity index (χ1n) is 26.4. The van der Waals surface area contributed by atoms with Gasteiger partial charge in [-0.2, -0.15) is 31.6 Å². The Bertz CT molecular complexity index is 3490. The van der Waals surface area contributed by atoms with E-state index in [2.05, 4.69) is 213 Å². The van der Waals surface area contributed by atoms with Crippen LogP contribution in [0.4, 0.5) is 101 Å². The fourth-order valence-electron chi connectivity index (χ4n) is 7.25. The van der Waals surface area contributed by atoms with E-state index >= 15 is 0 Å². The van der Waals surface area contributed by atoms with E-state index in [0.717, 1.165) is 26.2 Å². The summed E-state index contributed by atoms with van der Waals surface area (Å²) in [6.07, 6.45) is 17.5. The van der Waals surface area contributed by atoms with Crippen molar-refractivity contribution in [3.8, 4) is 80.9 Å². The largest absolute Gasteiger partial charge is 0.201 e. The maximum Gasteiger partial charge on any atom is 0.174 e. The fourth-order valence-corrected chi connectivity index (χ4v) is 7.25. The predicted molar refractivity (Wildman–Crippen MR) is 327 cm³/mol. The Balaban J connectivity index is 0. The standard InChI is InChI=1S/C48H40N4.6C2H3N.4F6P/c1-2-6-46-34-50-27-19-42(20-28-50)38-13-15-40(16-14-38)44-23-31-52(32-24-44)36-48-8-4-3-7-47(48)35-51-29-21-43(22-30-51)39-11-9-37(10-12-39)41-17-25-49(26-18-41)33-45(46)5-1;6*1-2-3;4*1-7(2,3,4,5)6/h1-32H,33-36H2;6*1H3;;;;/q+4;;;;;;;4*-1. The van der Waals surface area contributed by atoms with E-state index in [0.29, 0.717) is 0 Å². The molecule has 0 aliphatic carbocycles. The van der Waals surface area contributed by atoms with Gasteiger partial charge in [-0.3, -0.25) is 0 Å². The first-order chi connectivity index (χ1) is 44.0. The first-order valence-corrected chi connectivity index (χ1v) is 34.5. The van der Waals surface area contributed by atoms with Crippen LogP contribution in [0.2, 0.25) is 0 Å². The summed E-state index contributed by atoms with van der Waals surface area (Å²) in [4.78, 5) is 0. The Hall–Kier alpha value is -9.54. The van der Waals surface area contributed by atoms with Crippen LogP contribution in [0.25, 0.3) is 44.5 Å². The number of nitrogens with zero attached hydrogens (tertiary/aromatic N) is 10. The van der Waals surface area contributed by atoms with Gasteiger partial charge in [0.25, 0.3) is 0 Å². The van der Waals surface area contributed by atoms with Gasteiger partial charge in [-0.15, -0.1) is 0 Å². The van der Waals surface area contributed by atoms with Gasteiger partial charge in [0.15, 0.2) is 75.8 Å². The average molecular weight is 1500 g/mol. The SMILES string of the molecule is CC#N.CC#N.CC#N.CC#N.CC#N.CC#N.F[P-](F)(F)(F)(F)F.F[P-](F)(F)(F)(F)F.F[P-](F)(F)(F)(F)F.F[P-](F)(F)(F)(F)F.c1ccc2c(c1)C[n+]1ccc(cc1)-c1ccc(cc1)-c1cc[n+](cc1)Cc1ccccc1C[n+]1ccc(cc1)-c1ccc(cc1)-c1cc[n+](cc1)C2. The quantitative estimate of drug-likeness (QED) is 0.0835. The summed E-state index contributed by atoms with van der Waals surface area (Å²) in [6, 6.07) is 63.6. The van der Waals surface area contributed by atoms with E-state index in [1.54, 1.807) is 36.4 Å². The van der Waals surface area contributed by atoms with Gasteiger partial charge < -0.3 is 0 Å². The number of aromatic nitrogens is 4. The molecule has 4 aromatic heterocycles. The number of halogens is 24. The molecule has 0 radical (unpaired) electrons. The Labute approximate surface area is 546 Å². The van der Waals surface area contributed by atoms with Crippen LogP contribution in [0.1, 0.15) is 63.8 Å². The minimum atomic E-state index is -10.7. The van der Waals surface area contributed by atoms with Gasteiger partial charge in [0.05, 0.1) is 36.4 Å². The predicted octanol–water partition coefficient (Wildman–Crippen LogP) is 24.7. The van der Waals surface area contributed by atoms with Crippen LogP contribution in [0.5, 0.6) is 0 Å². The summed E-state index contributed by atoms with van der Waals surface area (Å²) in [5.74, 6) is 0. The number of pyridine rings is 4. The van der Waals surface area contributed by atoms with Crippen molar-refractivity contribution in [2.45, 2.75) is 67.7 Å². The molecule has 0 amide bonds. The molecule has 38 heteroatoms. The summed E-state index contributed by atoms with van der Waals surface area (Å²) in [6.45, 7) is 11.9. The van der Waals surface area contributed by atoms with E-state index in [-0.39, 0.29) is 0 Å². The molecule has 10 aliphatic heterocycles. The van der Waals surface area contributed by atoms with Crippen LogP contribution < -0.4 is 18.3 Å². The molecule has 0 unspecified atom stereocenters. The van der Waals surface area contributed by atoms with Crippen molar-refractivity contribution >= 4 is 31.2 Å². The van der Waals surface area contributed by atoms with E-state index in [1.165, 1.54) is 108 Å². The van der Waals surface area contributed by atoms with E-state index in [9.17, 15) is 101 Å². The third-order valence-corrected chi connectivity index (χ3v) is 10.3. The van der Waals surface area contributed by atoms with Crippen molar-refractivity contribution in [2.24, 2.45) is 0 Å². The molecule has 4 aromatic carbocycles. The first kappa shape index (κ1) is 90.5. The summed E-state index contributed by atoms with van der Waals surface area (Å²) < 4.78 is 246. The maximum atomic E-state index is 9.87. The van der Waals surface area contributed by atoms with Crippen LogP contribution in [-0.4, -0.2) is 0 Å². The normalized spacial score (nSPS) is 13.6. The Morgan fingerprint density at radius 2 is 0.306 bits per heavy atom. The third-order valence-electron chi connectivity index (χ3n) is 10.3. The Kier molecular flexibility index (Phi) is 30.6. The molecule has 0 spiro atoms. The molecule has 10 nitrogen and oxygen atoms in total. The van der Waals surface area contributed by atoms with Crippen LogP contribution in [-0.2, 0) is 26.2 Å². The topological polar surface area (TPSA) is 158 Å². The second-order valence-electron chi connectivity index (χ2n) is 18.9. The molecule has 0 saturated heterocycles. The summed E-state index contributed by atoms with van der Waals surface area (Å²) in [5, 5.41) is 43.9. The molecular formula is C60H58F24N10P4. The van der Waals surface area contributed by atoms with Crippen molar-refractivity contribution in [3.05, 3.63) is 217 Å². The van der Waals surface area contributed by atoms with Crippen molar-refractivity contribution in [1.29, 1.82) is 31.6 Å². The van der Waals surface area contributed by atoms with Crippen molar-refractivity contribution < 1.29 is 119 Å². The zero-order valence-electron chi connectivity index (χ0n) is 51.6. The monoisotopic (exact) mass is 1500 g/mol. The zero-order valence-corrected chi connectivity index (χ0v) is 55.2. The minimum Gasteiger partial charge on any atom is -0.201 e. The Morgan fingerprint density at radius 1 is 0.214 bits per heavy atom. The second-order valence-corrected chi connectivity index (χ2v) is 26.6. The number of hydrogen-bond acceptors (Lipinski definition) is 6. The number of hydrogen-bond donors (Lipinski definition) is 0. The van der Waals surface area contributed by atoms with E-state index in [4.69, 9.17) is 31.6 Å². The van der Waals surface area contributed by atoms with Gasteiger partial charge in [-0.25, -0.2) is 18.3 Å². The molecule has 8 aromatic rings. The molecular weight excluding hydrogens is 1440 g/mol. The van der Waals surface area contributed by atoms with E-state index in [1.807, 2.05) is 0 Å². The Morgan fingerprint density at radius 3 is 0.408 bits per heavy atom. The van der Waals surface area contributed by atoms with Gasteiger partial charge in [0, 0.05) is 112 Å². The van der Waals surface area contributed by atoms with Gasteiger partial charge in [0.1, 0.15) is 0 Å². The molecule has 0 saturated carbocycles. The smallest absolute Gasteiger partial charge is 0.174 e. The maximum absolute atomic E-state index is 10.7. The second kappa shape index (κ2) is 33.1. The fraction of sp³-hybridized carbons (Fsp3) is 0.167. The van der Waals surface area contributed by atoms with Gasteiger partial charge in [-0.1, -0.05) is 97.1 Å². The molecule has 0 atom stereocenters.